The Morgan fingerprint density at radius 3 is 2.72 bits per heavy atom. The number of hydrogen-bond donors (Lipinski definition) is 2. The zero-order chi connectivity index (χ0) is 12.8. The Morgan fingerprint density at radius 1 is 1.17 bits per heavy atom. The van der Waals surface area contributed by atoms with Crippen LogP contribution in [-0.2, 0) is 13.1 Å². The molecule has 1 heterocycles. The largest absolute Gasteiger partial charge is 0.506 e. The Morgan fingerprint density at radius 2 is 2.00 bits per heavy atom. The second-order valence-electron chi connectivity index (χ2n) is 3.92. The predicted molar refractivity (Wildman–Crippen MR) is 69.4 cm³/mol. The van der Waals surface area contributed by atoms with E-state index in [1.807, 2.05) is 24.3 Å². The molecule has 94 valence electrons. The molecule has 2 aromatic rings. The molecule has 0 aliphatic rings. The molecule has 1 aromatic carbocycles. The van der Waals surface area contributed by atoms with Gasteiger partial charge in [0.15, 0.2) is 0 Å². The van der Waals surface area contributed by atoms with E-state index in [0.29, 0.717) is 13.1 Å². The van der Waals surface area contributed by atoms with Crippen LogP contribution in [0.15, 0.2) is 42.6 Å². The van der Waals surface area contributed by atoms with Gasteiger partial charge < -0.3 is 15.2 Å². The highest BCUT2D eigenvalue weighted by Gasteiger charge is 2.01. The summed E-state index contributed by atoms with van der Waals surface area (Å²) in [4.78, 5) is 4.11. The lowest BCUT2D eigenvalue weighted by Crippen LogP contribution is -2.14. The van der Waals surface area contributed by atoms with Crippen molar-refractivity contribution in [2.45, 2.75) is 13.1 Å². The maximum Gasteiger partial charge on any atom is 0.133 e. The molecule has 0 saturated carbocycles. The third-order valence-corrected chi connectivity index (χ3v) is 2.62. The van der Waals surface area contributed by atoms with Crippen LogP contribution in [0.3, 0.4) is 0 Å². The van der Waals surface area contributed by atoms with Gasteiger partial charge in [0.2, 0.25) is 0 Å². The highest BCUT2D eigenvalue weighted by Crippen LogP contribution is 2.16. The van der Waals surface area contributed by atoms with Crippen molar-refractivity contribution in [1.82, 2.24) is 10.3 Å². The van der Waals surface area contributed by atoms with Gasteiger partial charge in [0.1, 0.15) is 11.5 Å². The molecule has 0 bridgehead atoms. The minimum atomic E-state index is 0.184. The van der Waals surface area contributed by atoms with Gasteiger partial charge in [-0.25, -0.2) is 0 Å². The Hall–Kier alpha value is -2.07. The van der Waals surface area contributed by atoms with E-state index in [-0.39, 0.29) is 5.75 Å². The van der Waals surface area contributed by atoms with Crippen molar-refractivity contribution in [3.63, 3.8) is 0 Å². The summed E-state index contributed by atoms with van der Waals surface area (Å²) in [6.45, 7) is 1.37. The fourth-order valence-corrected chi connectivity index (χ4v) is 1.70. The van der Waals surface area contributed by atoms with Crippen LogP contribution >= 0.6 is 0 Å². The monoisotopic (exact) mass is 244 g/mol. The Balaban J connectivity index is 1.90. The van der Waals surface area contributed by atoms with Gasteiger partial charge in [0, 0.05) is 18.7 Å². The summed E-state index contributed by atoms with van der Waals surface area (Å²) in [6, 6.07) is 11.3. The first kappa shape index (κ1) is 12.4. The number of nitrogens with zero attached hydrogens (tertiary/aromatic N) is 1. The number of nitrogens with one attached hydrogen (secondary N) is 1. The summed E-state index contributed by atoms with van der Waals surface area (Å²) >= 11 is 0. The highest BCUT2D eigenvalue weighted by molar-refractivity contribution is 5.33. The summed E-state index contributed by atoms with van der Waals surface area (Å²) < 4.78 is 5.28. The standard InChI is InChI=1S/C14H16N2O2/c1-18-14-5-3-2-4-11(14)8-15-9-12-6-7-13(17)10-16-12/h2-7,10,15,17H,8-9H2,1H3. The molecule has 0 spiro atoms. The SMILES string of the molecule is COc1ccccc1CNCc1ccc(O)cn1. The van der Waals surface area contributed by atoms with E-state index in [9.17, 15) is 0 Å². The first-order valence-corrected chi connectivity index (χ1v) is 5.76. The molecule has 1 aromatic heterocycles. The number of methoxy groups -OCH3 is 1. The van der Waals surface area contributed by atoms with E-state index in [2.05, 4.69) is 10.3 Å². The average Bonchev–Trinajstić information content (AvgIpc) is 2.41. The van der Waals surface area contributed by atoms with E-state index in [1.165, 1.54) is 6.20 Å². The fourth-order valence-electron chi connectivity index (χ4n) is 1.70. The Labute approximate surface area is 106 Å². The minimum absolute atomic E-state index is 0.184. The summed E-state index contributed by atoms with van der Waals surface area (Å²) in [6.07, 6.45) is 1.44. The summed E-state index contributed by atoms with van der Waals surface area (Å²) in [5.41, 5.74) is 2.00. The molecule has 0 unspecified atom stereocenters. The van der Waals surface area contributed by atoms with Crippen LogP contribution in [0.1, 0.15) is 11.3 Å². The van der Waals surface area contributed by atoms with E-state index >= 15 is 0 Å². The second kappa shape index (κ2) is 6.02. The zero-order valence-corrected chi connectivity index (χ0v) is 10.3. The summed E-state index contributed by atoms with van der Waals surface area (Å²) in [5, 5.41) is 12.4. The Bertz CT molecular complexity index is 497. The maximum absolute atomic E-state index is 9.13. The molecular weight excluding hydrogens is 228 g/mol. The second-order valence-corrected chi connectivity index (χ2v) is 3.92. The van der Waals surface area contributed by atoms with Gasteiger partial charge in [-0.1, -0.05) is 18.2 Å². The van der Waals surface area contributed by atoms with Gasteiger partial charge in [0.25, 0.3) is 0 Å². The van der Waals surface area contributed by atoms with Crippen LogP contribution in [0.2, 0.25) is 0 Å². The number of para-hydroxylation sites is 1. The van der Waals surface area contributed by atoms with Crippen LogP contribution in [-0.4, -0.2) is 17.2 Å². The quantitative estimate of drug-likeness (QED) is 0.845. The number of hydrogen-bond acceptors (Lipinski definition) is 4. The summed E-state index contributed by atoms with van der Waals surface area (Å²) in [5.74, 6) is 1.06. The number of pyridine rings is 1. The molecule has 0 aliphatic carbocycles. The first-order valence-electron chi connectivity index (χ1n) is 5.76. The minimum Gasteiger partial charge on any atom is -0.506 e. The lowest BCUT2D eigenvalue weighted by atomic mass is 10.2. The molecule has 2 rings (SSSR count). The molecule has 0 saturated heterocycles. The first-order chi connectivity index (χ1) is 8.79. The van der Waals surface area contributed by atoms with Crippen LogP contribution in [0.4, 0.5) is 0 Å². The van der Waals surface area contributed by atoms with Crippen molar-refractivity contribution >= 4 is 0 Å². The highest BCUT2D eigenvalue weighted by atomic mass is 16.5. The molecule has 0 atom stereocenters. The van der Waals surface area contributed by atoms with Crippen molar-refractivity contribution in [2.75, 3.05) is 7.11 Å². The molecular formula is C14H16N2O2. The molecule has 0 fully saturated rings. The van der Waals surface area contributed by atoms with Gasteiger partial charge in [-0.2, -0.15) is 0 Å². The maximum atomic E-state index is 9.13. The smallest absolute Gasteiger partial charge is 0.133 e. The van der Waals surface area contributed by atoms with Gasteiger partial charge in [-0.05, 0) is 18.2 Å². The van der Waals surface area contributed by atoms with Crippen molar-refractivity contribution < 1.29 is 9.84 Å². The normalized spacial score (nSPS) is 10.3. The number of ether oxygens (including phenoxy) is 1. The molecule has 0 amide bonds. The number of aromatic nitrogens is 1. The molecule has 0 radical (unpaired) electrons. The lowest BCUT2D eigenvalue weighted by Gasteiger charge is -2.09. The van der Waals surface area contributed by atoms with Gasteiger partial charge in [-0.15, -0.1) is 0 Å². The molecule has 2 N–H and O–H groups in total. The van der Waals surface area contributed by atoms with Crippen molar-refractivity contribution in [2.24, 2.45) is 0 Å². The van der Waals surface area contributed by atoms with Crippen LogP contribution in [0, 0.1) is 0 Å². The number of rotatable bonds is 5. The molecule has 18 heavy (non-hydrogen) atoms. The van der Waals surface area contributed by atoms with E-state index in [1.54, 1.807) is 19.2 Å². The van der Waals surface area contributed by atoms with Gasteiger partial charge in [0.05, 0.1) is 19.0 Å². The topological polar surface area (TPSA) is 54.4 Å². The number of aromatic hydroxyl groups is 1. The number of benzene rings is 1. The van der Waals surface area contributed by atoms with Gasteiger partial charge in [-0.3, -0.25) is 4.98 Å². The third-order valence-electron chi connectivity index (χ3n) is 2.62. The van der Waals surface area contributed by atoms with E-state index in [0.717, 1.165) is 17.0 Å². The molecule has 0 aliphatic heterocycles. The average molecular weight is 244 g/mol. The third kappa shape index (κ3) is 3.21. The zero-order valence-electron chi connectivity index (χ0n) is 10.3. The van der Waals surface area contributed by atoms with Crippen molar-refractivity contribution in [3.05, 3.63) is 53.9 Å². The Kier molecular flexibility index (Phi) is 4.15. The fraction of sp³-hybridized carbons (Fsp3) is 0.214. The molecule has 4 nitrogen and oxygen atoms in total. The van der Waals surface area contributed by atoms with Crippen molar-refractivity contribution in [1.29, 1.82) is 0 Å². The van der Waals surface area contributed by atoms with E-state index < -0.39 is 0 Å². The molecule has 4 heteroatoms. The predicted octanol–water partition coefficient (Wildman–Crippen LogP) is 2.09. The van der Waals surface area contributed by atoms with E-state index in [4.69, 9.17) is 9.84 Å². The van der Waals surface area contributed by atoms with Gasteiger partial charge >= 0.3 is 0 Å². The van der Waals surface area contributed by atoms with Crippen molar-refractivity contribution in [3.8, 4) is 11.5 Å². The van der Waals surface area contributed by atoms with Crippen LogP contribution < -0.4 is 10.1 Å². The summed E-state index contributed by atoms with van der Waals surface area (Å²) in [7, 11) is 1.67. The van der Waals surface area contributed by atoms with Crippen LogP contribution in [0.25, 0.3) is 0 Å². The lowest BCUT2D eigenvalue weighted by molar-refractivity contribution is 0.407. The van der Waals surface area contributed by atoms with Crippen LogP contribution in [0.5, 0.6) is 11.5 Å².